The van der Waals surface area contributed by atoms with Crippen LogP contribution in [0.2, 0.25) is 0 Å². The van der Waals surface area contributed by atoms with Gasteiger partial charge in [-0.25, -0.2) is 9.78 Å². The molecular weight excluding hydrogens is 228 g/mol. The number of nitrogens with zero attached hydrogens (tertiary/aromatic N) is 2. The molecule has 0 aliphatic carbocycles. The Labute approximate surface area is 97.7 Å². The molecule has 1 atom stereocenters. The first kappa shape index (κ1) is 11.3. The van der Waals surface area contributed by atoms with Gasteiger partial charge in [-0.05, 0) is 13.8 Å². The van der Waals surface area contributed by atoms with E-state index < -0.39 is 5.97 Å². The van der Waals surface area contributed by atoms with Gasteiger partial charge < -0.3 is 14.7 Å². The topological polar surface area (TPSA) is 62.7 Å². The van der Waals surface area contributed by atoms with Crippen LogP contribution in [0.25, 0.3) is 0 Å². The number of hydrogen-bond donors (Lipinski definition) is 1. The SMILES string of the molecule is Cc1sc(N2CCOC(C)C2)nc1C(=O)O. The zero-order chi connectivity index (χ0) is 11.7. The average molecular weight is 242 g/mol. The minimum atomic E-state index is -0.957. The Morgan fingerprint density at radius 3 is 3.00 bits per heavy atom. The van der Waals surface area contributed by atoms with Crippen LogP contribution in [0, 0.1) is 6.92 Å². The molecule has 1 N–H and O–H groups in total. The highest BCUT2D eigenvalue weighted by Gasteiger charge is 2.22. The number of ether oxygens (including phenoxy) is 1. The summed E-state index contributed by atoms with van der Waals surface area (Å²) >= 11 is 1.43. The van der Waals surface area contributed by atoms with Gasteiger partial charge in [-0.2, -0.15) is 0 Å². The average Bonchev–Trinajstić information content (AvgIpc) is 2.60. The Morgan fingerprint density at radius 1 is 1.69 bits per heavy atom. The molecule has 16 heavy (non-hydrogen) atoms. The number of anilines is 1. The van der Waals surface area contributed by atoms with E-state index in [2.05, 4.69) is 9.88 Å². The third-order valence-corrected chi connectivity index (χ3v) is 3.53. The predicted octanol–water partition coefficient (Wildman–Crippen LogP) is 1.37. The number of thiazole rings is 1. The summed E-state index contributed by atoms with van der Waals surface area (Å²) in [6, 6.07) is 0. The second-order valence-electron chi connectivity index (χ2n) is 3.83. The number of aryl methyl sites for hydroxylation is 1. The van der Waals surface area contributed by atoms with E-state index >= 15 is 0 Å². The van der Waals surface area contributed by atoms with Gasteiger partial charge in [0.25, 0.3) is 0 Å². The van der Waals surface area contributed by atoms with Crippen LogP contribution in [-0.4, -0.2) is 41.9 Å². The van der Waals surface area contributed by atoms with Crippen LogP contribution in [0.4, 0.5) is 5.13 Å². The van der Waals surface area contributed by atoms with E-state index in [1.54, 1.807) is 6.92 Å². The van der Waals surface area contributed by atoms with Crippen molar-refractivity contribution in [2.45, 2.75) is 20.0 Å². The van der Waals surface area contributed by atoms with E-state index in [-0.39, 0.29) is 11.8 Å². The van der Waals surface area contributed by atoms with Gasteiger partial charge in [0.1, 0.15) is 0 Å². The molecule has 0 amide bonds. The normalized spacial score (nSPS) is 21.1. The lowest BCUT2D eigenvalue weighted by atomic mass is 10.3. The third-order valence-electron chi connectivity index (χ3n) is 2.50. The number of aromatic carboxylic acids is 1. The Morgan fingerprint density at radius 2 is 2.44 bits per heavy atom. The highest BCUT2D eigenvalue weighted by molar-refractivity contribution is 7.15. The van der Waals surface area contributed by atoms with Crippen molar-refractivity contribution in [2.24, 2.45) is 0 Å². The molecule has 0 bridgehead atoms. The van der Waals surface area contributed by atoms with Gasteiger partial charge in [0.15, 0.2) is 10.8 Å². The van der Waals surface area contributed by atoms with Gasteiger partial charge in [0.05, 0.1) is 12.7 Å². The molecule has 2 rings (SSSR count). The monoisotopic (exact) mass is 242 g/mol. The van der Waals surface area contributed by atoms with Gasteiger partial charge in [0, 0.05) is 18.0 Å². The van der Waals surface area contributed by atoms with Crippen molar-refractivity contribution in [1.82, 2.24) is 4.98 Å². The molecule has 2 heterocycles. The second-order valence-corrected chi connectivity index (χ2v) is 5.02. The van der Waals surface area contributed by atoms with Crippen LogP contribution >= 0.6 is 11.3 Å². The van der Waals surface area contributed by atoms with Crippen molar-refractivity contribution < 1.29 is 14.6 Å². The lowest BCUT2D eigenvalue weighted by molar-refractivity contribution is 0.0532. The largest absolute Gasteiger partial charge is 0.476 e. The van der Waals surface area contributed by atoms with E-state index in [0.29, 0.717) is 6.61 Å². The maximum absolute atomic E-state index is 10.9. The van der Waals surface area contributed by atoms with Crippen LogP contribution in [0.1, 0.15) is 22.3 Å². The van der Waals surface area contributed by atoms with Crippen molar-refractivity contribution in [2.75, 3.05) is 24.6 Å². The summed E-state index contributed by atoms with van der Waals surface area (Å²) < 4.78 is 5.43. The molecule has 1 saturated heterocycles. The van der Waals surface area contributed by atoms with E-state index in [1.165, 1.54) is 11.3 Å². The van der Waals surface area contributed by atoms with Gasteiger partial charge in [-0.15, -0.1) is 11.3 Å². The first-order chi connectivity index (χ1) is 7.58. The molecule has 6 heteroatoms. The quantitative estimate of drug-likeness (QED) is 0.848. The Balaban J connectivity index is 2.20. The number of aromatic nitrogens is 1. The number of carboxylic acids is 1. The molecule has 0 saturated carbocycles. The van der Waals surface area contributed by atoms with Crippen LogP contribution in [-0.2, 0) is 4.74 Å². The molecule has 88 valence electrons. The van der Waals surface area contributed by atoms with Crippen molar-refractivity contribution in [1.29, 1.82) is 0 Å². The van der Waals surface area contributed by atoms with Crippen LogP contribution in [0.5, 0.6) is 0 Å². The molecular formula is C10H14N2O3S. The van der Waals surface area contributed by atoms with Crippen molar-refractivity contribution in [3.05, 3.63) is 10.6 Å². The Bertz CT molecular complexity index is 405. The zero-order valence-corrected chi connectivity index (χ0v) is 10.1. The fourth-order valence-corrected chi connectivity index (χ4v) is 2.64. The number of carbonyl (C=O) groups is 1. The summed E-state index contributed by atoms with van der Waals surface area (Å²) in [5, 5.41) is 9.71. The molecule has 1 aromatic heterocycles. The summed E-state index contributed by atoms with van der Waals surface area (Å²) in [4.78, 5) is 17.9. The summed E-state index contributed by atoms with van der Waals surface area (Å²) in [6.07, 6.45) is 0.172. The van der Waals surface area contributed by atoms with Crippen LogP contribution < -0.4 is 4.90 Å². The maximum atomic E-state index is 10.9. The van der Waals surface area contributed by atoms with Crippen molar-refractivity contribution in [3.63, 3.8) is 0 Å². The second kappa shape index (κ2) is 4.39. The van der Waals surface area contributed by atoms with Crippen LogP contribution in [0.3, 0.4) is 0 Å². The third kappa shape index (κ3) is 2.17. The fraction of sp³-hybridized carbons (Fsp3) is 0.600. The zero-order valence-electron chi connectivity index (χ0n) is 9.27. The van der Waals surface area contributed by atoms with Gasteiger partial charge >= 0.3 is 5.97 Å². The lowest BCUT2D eigenvalue weighted by Gasteiger charge is -2.30. The van der Waals surface area contributed by atoms with E-state index in [9.17, 15) is 4.79 Å². The minimum absolute atomic E-state index is 0.166. The summed E-state index contributed by atoms with van der Waals surface area (Å²) in [6.45, 7) is 6.00. The molecule has 1 fully saturated rings. The Hall–Kier alpha value is -1.14. The molecule has 1 aromatic rings. The molecule has 5 nitrogen and oxygen atoms in total. The molecule has 1 unspecified atom stereocenters. The molecule has 1 aliphatic heterocycles. The highest BCUT2D eigenvalue weighted by Crippen LogP contribution is 2.26. The predicted molar refractivity (Wildman–Crippen MR) is 61.4 cm³/mol. The molecule has 0 spiro atoms. The standard InChI is InChI=1S/C10H14N2O3S/c1-6-5-12(3-4-15-6)10-11-8(9(13)14)7(2)16-10/h6H,3-5H2,1-2H3,(H,13,14). The maximum Gasteiger partial charge on any atom is 0.355 e. The first-order valence-electron chi connectivity index (χ1n) is 5.15. The highest BCUT2D eigenvalue weighted by atomic mass is 32.1. The number of morpholine rings is 1. The lowest BCUT2D eigenvalue weighted by Crippen LogP contribution is -2.41. The molecule has 0 radical (unpaired) electrons. The van der Waals surface area contributed by atoms with Crippen molar-refractivity contribution in [3.8, 4) is 0 Å². The minimum Gasteiger partial charge on any atom is -0.476 e. The fourth-order valence-electron chi connectivity index (χ4n) is 1.71. The van der Waals surface area contributed by atoms with E-state index in [0.717, 1.165) is 23.1 Å². The van der Waals surface area contributed by atoms with Gasteiger partial charge in [-0.3, -0.25) is 0 Å². The molecule has 0 aromatic carbocycles. The summed E-state index contributed by atoms with van der Waals surface area (Å²) in [5.74, 6) is -0.957. The van der Waals surface area contributed by atoms with Gasteiger partial charge in [-0.1, -0.05) is 0 Å². The summed E-state index contributed by atoms with van der Waals surface area (Å²) in [7, 11) is 0. The van der Waals surface area contributed by atoms with Crippen molar-refractivity contribution >= 4 is 22.4 Å². The molecule has 1 aliphatic rings. The van der Waals surface area contributed by atoms with E-state index in [4.69, 9.17) is 9.84 Å². The smallest absolute Gasteiger partial charge is 0.355 e. The number of carboxylic acid groups (broad SMARTS) is 1. The Kier molecular flexibility index (Phi) is 3.11. The van der Waals surface area contributed by atoms with Gasteiger partial charge in [0.2, 0.25) is 0 Å². The number of hydrogen-bond acceptors (Lipinski definition) is 5. The van der Waals surface area contributed by atoms with Crippen LogP contribution in [0.15, 0.2) is 0 Å². The van der Waals surface area contributed by atoms with E-state index in [1.807, 2.05) is 6.92 Å². The number of rotatable bonds is 2. The first-order valence-corrected chi connectivity index (χ1v) is 5.97. The summed E-state index contributed by atoms with van der Waals surface area (Å²) in [5.41, 5.74) is 0.166.